The molecular weight excluding hydrogens is 184 g/mol. The first-order chi connectivity index (χ1) is 7.36. The van der Waals surface area contributed by atoms with Crippen LogP contribution in [0.3, 0.4) is 0 Å². The lowest BCUT2D eigenvalue weighted by Crippen LogP contribution is -2.14. The van der Waals surface area contributed by atoms with E-state index in [2.05, 4.69) is 41.2 Å². The highest BCUT2D eigenvalue weighted by Crippen LogP contribution is 2.01. The van der Waals surface area contributed by atoms with Gasteiger partial charge >= 0.3 is 0 Å². The second kappa shape index (κ2) is 7.14. The lowest BCUT2D eigenvalue weighted by atomic mass is 10.3. The molecule has 1 aromatic heterocycles. The number of rotatable bonds is 7. The molecule has 1 aromatic rings. The van der Waals surface area contributed by atoms with E-state index in [9.17, 15) is 0 Å². The van der Waals surface area contributed by atoms with Crippen LogP contribution in [0.2, 0.25) is 0 Å². The Kier molecular flexibility index (Phi) is 5.65. The fourth-order valence-electron chi connectivity index (χ4n) is 1.54. The number of aromatic nitrogens is 1. The molecule has 82 valence electrons. The van der Waals surface area contributed by atoms with Crippen molar-refractivity contribution in [1.29, 1.82) is 0 Å². The summed E-state index contributed by atoms with van der Waals surface area (Å²) in [6, 6.07) is 2.17. The molecule has 0 amide bonds. The molecule has 0 saturated carbocycles. The highest BCUT2D eigenvalue weighted by Gasteiger charge is 1.95. The number of hydrogen-bond donors (Lipinski definition) is 1. The molecular formula is C13H20N2. The molecule has 0 aliphatic carbocycles. The van der Waals surface area contributed by atoms with Crippen molar-refractivity contribution in [3.05, 3.63) is 24.0 Å². The number of nitrogens with zero attached hydrogens (tertiary/aromatic N) is 1. The van der Waals surface area contributed by atoms with Gasteiger partial charge in [0, 0.05) is 31.9 Å². The largest absolute Gasteiger partial charge is 0.354 e. The van der Waals surface area contributed by atoms with Crippen molar-refractivity contribution in [2.45, 2.75) is 39.3 Å². The standard InChI is InChI=1S/C13H20N2/c1-3-5-6-8-14-11-13-7-10-15(12-13)9-4-2/h1,7,10,12,14H,4-6,8-9,11H2,2H3. The Morgan fingerprint density at radius 1 is 1.53 bits per heavy atom. The molecule has 15 heavy (non-hydrogen) atoms. The van der Waals surface area contributed by atoms with Crippen molar-refractivity contribution in [1.82, 2.24) is 9.88 Å². The summed E-state index contributed by atoms with van der Waals surface area (Å²) in [6.45, 7) is 5.25. The molecule has 2 nitrogen and oxygen atoms in total. The quantitative estimate of drug-likeness (QED) is 0.533. The fourth-order valence-corrected chi connectivity index (χ4v) is 1.54. The van der Waals surface area contributed by atoms with Crippen molar-refractivity contribution in [3.63, 3.8) is 0 Å². The van der Waals surface area contributed by atoms with E-state index >= 15 is 0 Å². The minimum Gasteiger partial charge on any atom is -0.354 e. The maximum absolute atomic E-state index is 5.18. The molecule has 1 N–H and O–H groups in total. The van der Waals surface area contributed by atoms with E-state index in [1.54, 1.807) is 0 Å². The van der Waals surface area contributed by atoms with Crippen LogP contribution in [0.15, 0.2) is 18.5 Å². The van der Waals surface area contributed by atoms with Gasteiger partial charge in [-0.05, 0) is 31.0 Å². The van der Waals surface area contributed by atoms with Gasteiger partial charge in [-0.15, -0.1) is 12.3 Å². The second-order valence-corrected chi connectivity index (χ2v) is 3.74. The average Bonchev–Trinajstić information content (AvgIpc) is 2.66. The molecule has 0 atom stereocenters. The number of aryl methyl sites for hydroxylation is 1. The zero-order valence-electron chi connectivity index (χ0n) is 9.50. The predicted molar refractivity (Wildman–Crippen MR) is 64.5 cm³/mol. The second-order valence-electron chi connectivity index (χ2n) is 3.74. The van der Waals surface area contributed by atoms with Crippen LogP contribution in [0.1, 0.15) is 31.7 Å². The van der Waals surface area contributed by atoms with Gasteiger partial charge in [-0.3, -0.25) is 0 Å². The zero-order chi connectivity index (χ0) is 10.9. The van der Waals surface area contributed by atoms with Crippen LogP contribution in [0.4, 0.5) is 0 Å². The van der Waals surface area contributed by atoms with Crippen molar-refractivity contribution < 1.29 is 0 Å². The summed E-state index contributed by atoms with van der Waals surface area (Å²) in [4.78, 5) is 0. The summed E-state index contributed by atoms with van der Waals surface area (Å²) in [5.74, 6) is 2.64. The number of nitrogens with one attached hydrogen (secondary N) is 1. The molecule has 1 heterocycles. The molecule has 1 rings (SSSR count). The Bertz CT molecular complexity index is 307. The van der Waals surface area contributed by atoms with Crippen LogP contribution in [0, 0.1) is 12.3 Å². The normalized spacial score (nSPS) is 10.1. The van der Waals surface area contributed by atoms with Gasteiger partial charge in [0.15, 0.2) is 0 Å². The lowest BCUT2D eigenvalue weighted by Gasteiger charge is -2.01. The Labute approximate surface area is 92.7 Å². The Morgan fingerprint density at radius 3 is 3.13 bits per heavy atom. The van der Waals surface area contributed by atoms with Crippen molar-refractivity contribution in [2.24, 2.45) is 0 Å². The van der Waals surface area contributed by atoms with Crippen LogP contribution in [0.5, 0.6) is 0 Å². The summed E-state index contributed by atoms with van der Waals surface area (Å²) in [7, 11) is 0. The third kappa shape index (κ3) is 4.71. The van der Waals surface area contributed by atoms with Crippen molar-refractivity contribution in [2.75, 3.05) is 6.54 Å². The topological polar surface area (TPSA) is 17.0 Å². The first-order valence-corrected chi connectivity index (χ1v) is 5.65. The molecule has 0 bridgehead atoms. The first-order valence-electron chi connectivity index (χ1n) is 5.65. The first kappa shape index (κ1) is 11.9. The maximum Gasteiger partial charge on any atom is 0.0220 e. The molecule has 0 aromatic carbocycles. The molecule has 2 heteroatoms. The molecule has 0 fully saturated rings. The van der Waals surface area contributed by atoms with Gasteiger partial charge < -0.3 is 9.88 Å². The van der Waals surface area contributed by atoms with Crippen molar-refractivity contribution in [3.8, 4) is 12.3 Å². The molecule has 0 spiro atoms. The van der Waals surface area contributed by atoms with Crippen LogP contribution in [0.25, 0.3) is 0 Å². The highest BCUT2D eigenvalue weighted by molar-refractivity contribution is 5.09. The summed E-state index contributed by atoms with van der Waals surface area (Å²) >= 11 is 0. The minimum atomic E-state index is 0.865. The third-order valence-corrected chi connectivity index (χ3v) is 2.30. The van der Waals surface area contributed by atoms with E-state index < -0.39 is 0 Å². The number of terminal acetylenes is 1. The highest BCUT2D eigenvalue weighted by atomic mass is 14.9. The predicted octanol–water partition coefficient (Wildman–Crippen LogP) is 2.40. The summed E-state index contributed by atoms with van der Waals surface area (Å²) in [5, 5.41) is 3.38. The molecule has 0 aliphatic heterocycles. The Morgan fingerprint density at radius 2 is 2.40 bits per heavy atom. The third-order valence-electron chi connectivity index (χ3n) is 2.30. The number of hydrogen-bond acceptors (Lipinski definition) is 1. The van der Waals surface area contributed by atoms with Gasteiger partial charge in [0.05, 0.1) is 0 Å². The summed E-state index contributed by atoms with van der Waals surface area (Å²) in [6.07, 6.45) is 12.6. The Hall–Kier alpha value is -1.20. The zero-order valence-corrected chi connectivity index (χ0v) is 9.50. The minimum absolute atomic E-state index is 0.865. The Balaban J connectivity index is 2.17. The fraction of sp³-hybridized carbons (Fsp3) is 0.538. The monoisotopic (exact) mass is 204 g/mol. The van der Waals surface area contributed by atoms with Gasteiger partial charge in [-0.1, -0.05) is 6.92 Å². The number of unbranched alkanes of at least 4 members (excludes halogenated alkanes) is 1. The van der Waals surface area contributed by atoms with E-state index in [1.165, 1.54) is 12.0 Å². The van der Waals surface area contributed by atoms with Crippen LogP contribution in [-0.2, 0) is 13.1 Å². The molecule has 0 saturated heterocycles. The SMILES string of the molecule is C#CCCCNCc1ccn(CCC)c1. The van der Waals surface area contributed by atoms with E-state index in [0.717, 1.165) is 32.5 Å². The van der Waals surface area contributed by atoms with Crippen molar-refractivity contribution >= 4 is 0 Å². The van der Waals surface area contributed by atoms with E-state index in [1.807, 2.05) is 0 Å². The van der Waals surface area contributed by atoms with Gasteiger partial charge in [-0.25, -0.2) is 0 Å². The van der Waals surface area contributed by atoms with E-state index in [-0.39, 0.29) is 0 Å². The van der Waals surface area contributed by atoms with Gasteiger partial charge in [0.2, 0.25) is 0 Å². The summed E-state index contributed by atoms with van der Waals surface area (Å²) < 4.78 is 2.23. The van der Waals surface area contributed by atoms with Crippen LogP contribution >= 0.6 is 0 Å². The van der Waals surface area contributed by atoms with Gasteiger partial charge in [-0.2, -0.15) is 0 Å². The molecule has 0 aliphatic rings. The maximum atomic E-state index is 5.18. The van der Waals surface area contributed by atoms with Gasteiger partial charge in [0.25, 0.3) is 0 Å². The van der Waals surface area contributed by atoms with Crippen LogP contribution in [-0.4, -0.2) is 11.1 Å². The lowest BCUT2D eigenvalue weighted by molar-refractivity contribution is 0.651. The van der Waals surface area contributed by atoms with Crippen LogP contribution < -0.4 is 5.32 Å². The molecule has 0 unspecified atom stereocenters. The molecule has 0 radical (unpaired) electrons. The van der Waals surface area contributed by atoms with Gasteiger partial charge in [0.1, 0.15) is 0 Å². The average molecular weight is 204 g/mol. The summed E-state index contributed by atoms with van der Waals surface area (Å²) in [5.41, 5.74) is 1.35. The smallest absolute Gasteiger partial charge is 0.0220 e. The van der Waals surface area contributed by atoms with E-state index in [0.29, 0.717) is 0 Å². The van der Waals surface area contributed by atoms with E-state index in [4.69, 9.17) is 6.42 Å².